The van der Waals surface area contributed by atoms with Crippen LogP contribution in [0.15, 0.2) is 50.8 Å². The summed E-state index contributed by atoms with van der Waals surface area (Å²) in [5.74, 6) is 0.344. The number of ether oxygens (including phenoxy) is 1. The minimum Gasteiger partial charge on any atom is -0.465 e. The molecule has 0 aliphatic heterocycles. The molecule has 1 atom stereocenters. The number of hydrogen-bond donors (Lipinski definition) is 1. The van der Waals surface area contributed by atoms with Crippen LogP contribution in [0.1, 0.15) is 53.4 Å². The molecule has 192 valence electrons. The van der Waals surface area contributed by atoms with E-state index in [0.29, 0.717) is 38.6 Å². The Morgan fingerprint density at radius 1 is 1.03 bits per heavy atom. The van der Waals surface area contributed by atoms with Crippen molar-refractivity contribution in [2.75, 3.05) is 12.4 Å². The number of furan rings is 2. The lowest BCUT2D eigenvalue weighted by molar-refractivity contribution is -0.115. The van der Waals surface area contributed by atoms with Gasteiger partial charge >= 0.3 is 5.97 Å². The standard InChI is InChI=1S/C26H26N4O5S2/c1-15(23(31)28-24-20(25(32)33-2)16-9-5-3-4-6-12-19(16)37-24)36-26-27-21(17-10-7-13-34-17)22(29-30-26)18-11-8-14-35-18/h7-8,10-11,13-15H,3-6,9,12H2,1-2H3,(H,28,31). The van der Waals surface area contributed by atoms with Gasteiger partial charge < -0.3 is 18.9 Å². The molecule has 5 rings (SSSR count). The topological polar surface area (TPSA) is 120 Å². The molecule has 37 heavy (non-hydrogen) atoms. The van der Waals surface area contributed by atoms with E-state index in [9.17, 15) is 9.59 Å². The largest absolute Gasteiger partial charge is 0.465 e. The van der Waals surface area contributed by atoms with Crippen molar-refractivity contribution in [1.82, 2.24) is 15.2 Å². The summed E-state index contributed by atoms with van der Waals surface area (Å²) in [7, 11) is 1.37. The Labute approximate surface area is 222 Å². The van der Waals surface area contributed by atoms with Crippen LogP contribution in [0.5, 0.6) is 0 Å². The lowest BCUT2D eigenvalue weighted by Gasteiger charge is -2.12. The molecule has 1 N–H and O–H groups in total. The van der Waals surface area contributed by atoms with Gasteiger partial charge in [-0.1, -0.05) is 24.6 Å². The van der Waals surface area contributed by atoms with Crippen LogP contribution in [0, 0.1) is 0 Å². The minimum atomic E-state index is -0.559. The number of esters is 1. The van der Waals surface area contributed by atoms with Crippen molar-refractivity contribution >= 4 is 40.0 Å². The SMILES string of the molecule is COC(=O)c1c(NC(=O)C(C)Sc2nnc(-c3ccco3)c(-c3ccco3)n2)sc2c1CCCCCC2. The molecule has 1 amide bonds. The van der Waals surface area contributed by atoms with E-state index < -0.39 is 11.2 Å². The van der Waals surface area contributed by atoms with Crippen LogP contribution >= 0.6 is 23.1 Å². The van der Waals surface area contributed by atoms with Crippen LogP contribution in [0.3, 0.4) is 0 Å². The minimum absolute atomic E-state index is 0.261. The number of rotatable bonds is 7. The summed E-state index contributed by atoms with van der Waals surface area (Å²) in [5, 5.41) is 11.8. The van der Waals surface area contributed by atoms with Crippen molar-refractivity contribution < 1.29 is 23.2 Å². The molecular weight excluding hydrogens is 512 g/mol. The summed E-state index contributed by atoms with van der Waals surface area (Å²) in [4.78, 5) is 31.6. The average molecular weight is 539 g/mol. The fourth-order valence-corrected chi connectivity index (χ4v) is 6.27. The first-order valence-electron chi connectivity index (χ1n) is 12.1. The maximum absolute atomic E-state index is 13.2. The van der Waals surface area contributed by atoms with Crippen molar-refractivity contribution in [1.29, 1.82) is 0 Å². The Kier molecular flexibility index (Phi) is 7.71. The Morgan fingerprint density at radius 3 is 2.41 bits per heavy atom. The van der Waals surface area contributed by atoms with E-state index in [0.717, 1.165) is 42.5 Å². The first-order chi connectivity index (χ1) is 18.0. The quantitative estimate of drug-likeness (QED) is 0.222. The van der Waals surface area contributed by atoms with Crippen molar-refractivity contribution in [3.8, 4) is 22.9 Å². The average Bonchev–Trinajstić information content (AvgIpc) is 3.66. The van der Waals surface area contributed by atoms with Crippen LogP contribution in [-0.2, 0) is 22.4 Å². The maximum atomic E-state index is 13.2. The number of anilines is 1. The van der Waals surface area contributed by atoms with E-state index >= 15 is 0 Å². The lowest BCUT2D eigenvalue weighted by atomic mass is 9.96. The number of nitrogens with zero attached hydrogens (tertiary/aromatic N) is 3. The molecule has 0 aromatic carbocycles. The van der Waals surface area contributed by atoms with Crippen molar-refractivity contribution in [2.45, 2.75) is 55.9 Å². The summed E-state index contributed by atoms with van der Waals surface area (Å²) in [6.45, 7) is 1.76. The van der Waals surface area contributed by atoms with Gasteiger partial charge in [-0.2, -0.15) is 0 Å². The summed E-state index contributed by atoms with van der Waals surface area (Å²) in [5.41, 5.74) is 2.41. The zero-order valence-corrected chi connectivity index (χ0v) is 22.1. The fourth-order valence-electron chi connectivity index (χ4n) is 4.28. The molecule has 4 aromatic heterocycles. The number of carbonyl (C=O) groups excluding carboxylic acids is 2. The van der Waals surface area contributed by atoms with E-state index in [-0.39, 0.29) is 5.91 Å². The molecule has 0 bridgehead atoms. The second kappa shape index (κ2) is 11.3. The van der Waals surface area contributed by atoms with Gasteiger partial charge in [0.05, 0.1) is 30.4 Å². The van der Waals surface area contributed by atoms with Gasteiger partial charge in [-0.15, -0.1) is 21.5 Å². The number of thioether (sulfide) groups is 1. The van der Waals surface area contributed by atoms with E-state index in [4.69, 9.17) is 13.6 Å². The van der Waals surface area contributed by atoms with E-state index in [2.05, 4.69) is 20.5 Å². The molecule has 4 heterocycles. The molecule has 1 aliphatic rings. The molecule has 0 saturated heterocycles. The Bertz CT molecular complexity index is 1380. The number of thiophene rings is 1. The zero-order chi connectivity index (χ0) is 25.8. The number of hydrogen-bond acceptors (Lipinski definition) is 10. The molecule has 9 nitrogen and oxygen atoms in total. The molecular formula is C26H26N4O5S2. The maximum Gasteiger partial charge on any atom is 0.341 e. The first kappa shape index (κ1) is 25.2. The highest BCUT2D eigenvalue weighted by molar-refractivity contribution is 8.00. The number of fused-ring (bicyclic) bond motifs is 1. The number of methoxy groups -OCH3 is 1. The number of carbonyl (C=O) groups is 2. The van der Waals surface area contributed by atoms with Gasteiger partial charge in [0.1, 0.15) is 10.7 Å². The molecule has 0 radical (unpaired) electrons. The Balaban J connectivity index is 1.37. The van der Waals surface area contributed by atoms with Crippen molar-refractivity contribution in [3.63, 3.8) is 0 Å². The molecule has 4 aromatic rings. The molecule has 11 heteroatoms. The summed E-state index contributed by atoms with van der Waals surface area (Å²) >= 11 is 2.64. The molecule has 1 unspecified atom stereocenters. The fraction of sp³-hybridized carbons (Fsp3) is 0.346. The third kappa shape index (κ3) is 5.47. The third-order valence-electron chi connectivity index (χ3n) is 6.13. The highest BCUT2D eigenvalue weighted by atomic mass is 32.2. The predicted octanol–water partition coefficient (Wildman–Crippen LogP) is 6.02. The highest BCUT2D eigenvalue weighted by Crippen LogP contribution is 2.38. The monoisotopic (exact) mass is 538 g/mol. The van der Waals surface area contributed by atoms with E-state index in [1.165, 1.54) is 36.6 Å². The highest BCUT2D eigenvalue weighted by Gasteiger charge is 2.28. The van der Waals surface area contributed by atoms with Gasteiger partial charge in [0.15, 0.2) is 17.2 Å². The van der Waals surface area contributed by atoms with Gasteiger partial charge in [0.25, 0.3) is 0 Å². The smallest absolute Gasteiger partial charge is 0.341 e. The first-order valence-corrected chi connectivity index (χ1v) is 13.8. The van der Waals surface area contributed by atoms with Crippen molar-refractivity contribution in [2.24, 2.45) is 0 Å². The second-order valence-electron chi connectivity index (χ2n) is 8.61. The molecule has 0 saturated carbocycles. The third-order valence-corrected chi connectivity index (χ3v) is 8.28. The normalized spacial score (nSPS) is 14.3. The van der Waals surface area contributed by atoms with Gasteiger partial charge in [-0.3, -0.25) is 4.79 Å². The summed E-state index contributed by atoms with van der Waals surface area (Å²) in [6, 6.07) is 7.06. The van der Waals surface area contributed by atoms with E-state index in [1.807, 2.05) is 0 Å². The van der Waals surface area contributed by atoms with Crippen LogP contribution in [0.4, 0.5) is 5.00 Å². The van der Waals surface area contributed by atoms with Crippen molar-refractivity contribution in [3.05, 3.63) is 52.8 Å². The van der Waals surface area contributed by atoms with E-state index in [1.54, 1.807) is 43.7 Å². The molecule has 1 aliphatic carbocycles. The van der Waals surface area contributed by atoms with Gasteiger partial charge in [0, 0.05) is 4.88 Å². The lowest BCUT2D eigenvalue weighted by Crippen LogP contribution is -2.23. The Hall–Kier alpha value is -3.44. The molecule has 0 fully saturated rings. The van der Waals surface area contributed by atoms with Gasteiger partial charge in [-0.05, 0) is 62.4 Å². The summed E-state index contributed by atoms with van der Waals surface area (Å²) in [6.07, 6.45) is 9.22. The number of aryl methyl sites for hydroxylation is 1. The number of aromatic nitrogens is 3. The van der Waals surface area contributed by atoms with Crippen LogP contribution in [-0.4, -0.2) is 39.4 Å². The van der Waals surface area contributed by atoms with Crippen LogP contribution < -0.4 is 5.32 Å². The Morgan fingerprint density at radius 2 is 1.73 bits per heavy atom. The number of nitrogens with one attached hydrogen (secondary N) is 1. The van der Waals surface area contributed by atoms with Gasteiger partial charge in [-0.25, -0.2) is 9.78 Å². The predicted molar refractivity (Wildman–Crippen MR) is 141 cm³/mol. The number of amides is 1. The second-order valence-corrected chi connectivity index (χ2v) is 11.0. The zero-order valence-electron chi connectivity index (χ0n) is 20.5. The summed E-state index contributed by atoms with van der Waals surface area (Å²) < 4.78 is 16.1. The molecule has 0 spiro atoms. The van der Waals surface area contributed by atoms with Crippen LogP contribution in [0.2, 0.25) is 0 Å². The van der Waals surface area contributed by atoms with Crippen LogP contribution in [0.25, 0.3) is 22.9 Å². The van der Waals surface area contributed by atoms with Gasteiger partial charge in [0.2, 0.25) is 11.1 Å².